The van der Waals surface area contributed by atoms with E-state index in [0.717, 1.165) is 5.56 Å². The van der Waals surface area contributed by atoms with E-state index in [9.17, 15) is 9.59 Å². The molecule has 0 bridgehead atoms. The molecule has 2 amide bonds. The lowest BCUT2D eigenvalue weighted by atomic mass is 9.95. The number of carbonyl (C=O) groups is 2. The van der Waals surface area contributed by atoms with E-state index in [2.05, 4.69) is 10.3 Å². The van der Waals surface area contributed by atoms with Gasteiger partial charge in [-0.15, -0.1) is 0 Å². The fourth-order valence-electron chi connectivity index (χ4n) is 3.40. The van der Waals surface area contributed by atoms with Gasteiger partial charge in [-0.05, 0) is 36.6 Å². The maximum atomic E-state index is 13.0. The van der Waals surface area contributed by atoms with Gasteiger partial charge in [0.1, 0.15) is 17.1 Å². The lowest BCUT2D eigenvalue weighted by Crippen LogP contribution is -2.43. The molecule has 3 rings (SSSR count). The molecule has 0 aliphatic carbocycles. The van der Waals surface area contributed by atoms with E-state index in [-0.39, 0.29) is 17.7 Å². The highest BCUT2D eigenvalue weighted by Gasteiger charge is 2.30. The Morgan fingerprint density at radius 1 is 1.11 bits per heavy atom. The third-order valence-corrected chi connectivity index (χ3v) is 4.98. The van der Waals surface area contributed by atoms with Gasteiger partial charge in [0.15, 0.2) is 0 Å². The van der Waals surface area contributed by atoms with Crippen molar-refractivity contribution in [1.82, 2.24) is 15.2 Å². The molecule has 1 saturated heterocycles. The number of nitrogens with one attached hydrogen (secondary N) is 1. The zero-order chi connectivity index (χ0) is 19.9. The maximum Gasteiger partial charge on any atom is 0.261 e. The number of benzene rings is 1. The van der Waals surface area contributed by atoms with Gasteiger partial charge in [0.25, 0.3) is 5.91 Å². The highest BCUT2D eigenvalue weighted by atomic mass is 16.5. The second-order valence-corrected chi connectivity index (χ2v) is 6.68. The van der Waals surface area contributed by atoms with Crippen LogP contribution in [0.4, 0.5) is 0 Å². The highest BCUT2D eigenvalue weighted by molar-refractivity contribution is 6.00. The van der Waals surface area contributed by atoms with Gasteiger partial charge in [-0.2, -0.15) is 0 Å². The van der Waals surface area contributed by atoms with Gasteiger partial charge >= 0.3 is 0 Å². The number of pyridine rings is 1. The summed E-state index contributed by atoms with van der Waals surface area (Å²) in [6.07, 6.45) is 4.70. The normalized spacial score (nSPS) is 14.4. The van der Waals surface area contributed by atoms with E-state index in [1.165, 1.54) is 14.2 Å². The van der Waals surface area contributed by atoms with Crippen LogP contribution in [0.15, 0.2) is 42.7 Å². The minimum Gasteiger partial charge on any atom is -0.496 e. The van der Waals surface area contributed by atoms with Crippen LogP contribution >= 0.6 is 0 Å². The van der Waals surface area contributed by atoms with Crippen molar-refractivity contribution in [2.24, 2.45) is 5.92 Å². The van der Waals surface area contributed by atoms with E-state index < -0.39 is 0 Å². The van der Waals surface area contributed by atoms with Crippen LogP contribution < -0.4 is 14.8 Å². The molecular formula is C21H25N3O4. The minimum atomic E-state index is -0.136. The van der Waals surface area contributed by atoms with Gasteiger partial charge < -0.3 is 19.7 Å². The number of amides is 2. The number of piperidine rings is 1. The highest BCUT2D eigenvalue weighted by Crippen LogP contribution is 2.31. The number of aromatic nitrogens is 1. The predicted molar refractivity (Wildman–Crippen MR) is 104 cm³/mol. The van der Waals surface area contributed by atoms with Crippen LogP contribution in [0.25, 0.3) is 0 Å². The van der Waals surface area contributed by atoms with Crippen molar-refractivity contribution in [3.63, 3.8) is 0 Å². The van der Waals surface area contributed by atoms with Crippen molar-refractivity contribution in [2.45, 2.75) is 19.4 Å². The Morgan fingerprint density at radius 3 is 2.36 bits per heavy atom. The molecule has 28 heavy (non-hydrogen) atoms. The fourth-order valence-corrected chi connectivity index (χ4v) is 3.40. The molecule has 1 aliphatic rings. The van der Waals surface area contributed by atoms with Crippen LogP contribution in [0.3, 0.4) is 0 Å². The summed E-state index contributed by atoms with van der Waals surface area (Å²) in [7, 11) is 3.06. The Morgan fingerprint density at radius 2 is 1.79 bits per heavy atom. The monoisotopic (exact) mass is 383 g/mol. The van der Waals surface area contributed by atoms with Crippen molar-refractivity contribution in [1.29, 1.82) is 0 Å². The van der Waals surface area contributed by atoms with E-state index in [1.54, 1.807) is 35.5 Å². The molecule has 1 aliphatic heterocycles. The molecule has 1 aromatic carbocycles. The molecule has 148 valence electrons. The lowest BCUT2D eigenvalue weighted by molar-refractivity contribution is -0.126. The van der Waals surface area contributed by atoms with E-state index in [4.69, 9.17) is 9.47 Å². The molecule has 1 aromatic heterocycles. The van der Waals surface area contributed by atoms with Crippen LogP contribution in [0.1, 0.15) is 28.8 Å². The average molecular weight is 383 g/mol. The molecular weight excluding hydrogens is 358 g/mol. The summed E-state index contributed by atoms with van der Waals surface area (Å²) >= 11 is 0. The summed E-state index contributed by atoms with van der Waals surface area (Å²) in [4.78, 5) is 31.2. The van der Waals surface area contributed by atoms with Gasteiger partial charge in [0.05, 0.1) is 14.2 Å². The maximum absolute atomic E-state index is 13.0. The van der Waals surface area contributed by atoms with Gasteiger partial charge in [-0.3, -0.25) is 14.6 Å². The van der Waals surface area contributed by atoms with Crippen LogP contribution in [-0.4, -0.2) is 49.0 Å². The molecule has 0 atom stereocenters. The molecule has 2 heterocycles. The molecule has 0 radical (unpaired) electrons. The first-order valence-corrected chi connectivity index (χ1v) is 9.31. The number of carbonyl (C=O) groups excluding carboxylic acids is 2. The van der Waals surface area contributed by atoms with Crippen molar-refractivity contribution in [2.75, 3.05) is 27.3 Å². The second kappa shape index (κ2) is 9.21. The van der Waals surface area contributed by atoms with Gasteiger partial charge in [0.2, 0.25) is 5.91 Å². The molecule has 0 unspecified atom stereocenters. The van der Waals surface area contributed by atoms with Gasteiger partial charge in [-0.25, -0.2) is 0 Å². The molecule has 7 nitrogen and oxygen atoms in total. The predicted octanol–water partition coefficient (Wildman–Crippen LogP) is 2.27. The first-order valence-electron chi connectivity index (χ1n) is 9.31. The summed E-state index contributed by atoms with van der Waals surface area (Å²) in [6.45, 7) is 1.50. The summed E-state index contributed by atoms with van der Waals surface area (Å²) in [5.41, 5.74) is 1.39. The van der Waals surface area contributed by atoms with Crippen LogP contribution in [-0.2, 0) is 11.3 Å². The van der Waals surface area contributed by atoms with Crippen molar-refractivity contribution in [3.05, 3.63) is 53.9 Å². The number of hydrogen-bond acceptors (Lipinski definition) is 5. The lowest BCUT2D eigenvalue weighted by Gasteiger charge is -2.32. The summed E-state index contributed by atoms with van der Waals surface area (Å²) in [5.74, 6) is 0.760. The number of ether oxygens (including phenoxy) is 2. The van der Waals surface area contributed by atoms with Crippen LogP contribution in [0.5, 0.6) is 11.5 Å². The zero-order valence-corrected chi connectivity index (χ0v) is 16.2. The topological polar surface area (TPSA) is 80.8 Å². The molecule has 2 aromatic rings. The first-order chi connectivity index (χ1) is 13.6. The van der Waals surface area contributed by atoms with E-state index >= 15 is 0 Å². The molecule has 7 heteroatoms. The Bertz CT molecular complexity index is 795. The number of methoxy groups -OCH3 is 2. The Kier molecular flexibility index (Phi) is 6.47. The van der Waals surface area contributed by atoms with Crippen molar-refractivity contribution in [3.8, 4) is 11.5 Å². The standard InChI is InChI=1S/C21H25N3O4/c1-27-17-6-3-7-18(28-2)19(17)21(26)24-11-8-16(9-12-24)20(25)23-14-15-5-4-10-22-13-15/h3-7,10,13,16H,8-9,11-12,14H2,1-2H3,(H,23,25). The Labute approximate surface area is 164 Å². The summed E-state index contributed by atoms with van der Waals surface area (Å²) in [6, 6.07) is 9.04. The number of likely N-dealkylation sites (tertiary alicyclic amines) is 1. The van der Waals surface area contributed by atoms with Crippen LogP contribution in [0.2, 0.25) is 0 Å². The molecule has 1 N–H and O–H groups in total. The first kappa shape index (κ1) is 19.7. The SMILES string of the molecule is COc1cccc(OC)c1C(=O)N1CCC(C(=O)NCc2cccnc2)CC1. The third kappa shape index (κ3) is 4.42. The Balaban J connectivity index is 1.58. The number of nitrogens with zero attached hydrogens (tertiary/aromatic N) is 2. The summed E-state index contributed by atoms with van der Waals surface area (Å²) < 4.78 is 10.7. The largest absolute Gasteiger partial charge is 0.496 e. The van der Waals surface area contributed by atoms with Crippen LogP contribution in [0, 0.1) is 5.92 Å². The van der Waals surface area contributed by atoms with E-state index in [1.807, 2.05) is 12.1 Å². The fraction of sp³-hybridized carbons (Fsp3) is 0.381. The quantitative estimate of drug-likeness (QED) is 0.828. The van der Waals surface area contributed by atoms with Gasteiger partial charge in [0, 0.05) is 37.9 Å². The second-order valence-electron chi connectivity index (χ2n) is 6.68. The average Bonchev–Trinajstić information content (AvgIpc) is 2.77. The van der Waals surface area contributed by atoms with E-state index in [0.29, 0.717) is 49.5 Å². The number of hydrogen-bond donors (Lipinski definition) is 1. The summed E-state index contributed by atoms with van der Waals surface area (Å²) in [5, 5.41) is 2.96. The zero-order valence-electron chi connectivity index (χ0n) is 16.2. The Hall–Kier alpha value is -3.09. The molecule has 0 saturated carbocycles. The molecule has 1 fully saturated rings. The van der Waals surface area contributed by atoms with Gasteiger partial charge in [-0.1, -0.05) is 12.1 Å². The molecule has 0 spiro atoms. The smallest absolute Gasteiger partial charge is 0.261 e. The third-order valence-electron chi connectivity index (χ3n) is 4.98. The van der Waals surface area contributed by atoms with Crippen molar-refractivity contribution >= 4 is 11.8 Å². The number of rotatable bonds is 6. The van der Waals surface area contributed by atoms with Crippen molar-refractivity contribution < 1.29 is 19.1 Å². The minimum absolute atomic E-state index is 0.0193.